The van der Waals surface area contributed by atoms with Crippen LogP contribution in [-0.4, -0.2) is 34.0 Å². The number of hydrazine groups is 1. The van der Waals surface area contributed by atoms with Crippen LogP contribution in [0.5, 0.6) is 0 Å². The molecular formula is C30H46N2O5. The van der Waals surface area contributed by atoms with Gasteiger partial charge in [0, 0.05) is 12.0 Å². The predicted molar refractivity (Wildman–Crippen MR) is 140 cm³/mol. The molecule has 4 fully saturated rings. The Labute approximate surface area is 221 Å². The van der Waals surface area contributed by atoms with Gasteiger partial charge in [-0.15, -0.1) is 0 Å². The summed E-state index contributed by atoms with van der Waals surface area (Å²) in [5.74, 6) is 4.07. The third-order valence-electron chi connectivity index (χ3n) is 13.4. The van der Waals surface area contributed by atoms with Gasteiger partial charge in [-0.05, 0) is 111 Å². The summed E-state index contributed by atoms with van der Waals surface area (Å²) in [6.45, 7) is 12.8. The lowest BCUT2D eigenvalue weighted by atomic mass is 9.33. The molecule has 0 heterocycles. The largest absolute Gasteiger partial charge is 0.481 e. The van der Waals surface area contributed by atoms with Crippen molar-refractivity contribution in [3.63, 3.8) is 0 Å². The van der Waals surface area contributed by atoms with Crippen molar-refractivity contribution < 1.29 is 24.6 Å². The number of aliphatic carboxylic acids is 2. The average Bonchev–Trinajstić information content (AvgIpc) is 2.81. The van der Waals surface area contributed by atoms with Crippen molar-refractivity contribution in [3.8, 4) is 0 Å². The molecule has 0 aliphatic heterocycles. The summed E-state index contributed by atoms with van der Waals surface area (Å²) < 4.78 is 0. The highest BCUT2D eigenvalue weighted by molar-refractivity contribution is 5.96. The summed E-state index contributed by atoms with van der Waals surface area (Å²) in [4.78, 5) is 39.3. The van der Waals surface area contributed by atoms with E-state index in [1.54, 1.807) is 0 Å². The SMILES string of the molecule is C[C@]1(C(=O)O)CC[C@]2(C)CC[C@]3(C)C(=CC(=O)[C@@H]4[C@@]5(C)CC[C@H](NN)[C@@](C)(C(=O)O)[C@@H]5CC[C@]43C)[C@@H]2C1. The van der Waals surface area contributed by atoms with E-state index in [4.69, 9.17) is 5.84 Å². The van der Waals surface area contributed by atoms with E-state index in [2.05, 4.69) is 33.1 Å². The molecule has 0 bridgehead atoms. The molecule has 4 saturated carbocycles. The summed E-state index contributed by atoms with van der Waals surface area (Å²) in [6.07, 6.45) is 8.98. The first kappa shape index (κ1) is 26.9. The second-order valence-electron chi connectivity index (χ2n) is 14.9. The van der Waals surface area contributed by atoms with Gasteiger partial charge in [-0.2, -0.15) is 0 Å². The monoisotopic (exact) mass is 514 g/mol. The first-order valence-electron chi connectivity index (χ1n) is 14.2. The Bertz CT molecular complexity index is 1090. The molecule has 0 amide bonds. The molecule has 7 heteroatoms. The maximum absolute atomic E-state index is 14.3. The van der Waals surface area contributed by atoms with Gasteiger partial charge in [0.1, 0.15) is 0 Å². The molecular weight excluding hydrogens is 468 g/mol. The number of fused-ring (bicyclic) bond motifs is 7. The molecule has 0 aromatic rings. The Morgan fingerprint density at radius 1 is 0.919 bits per heavy atom. The highest BCUT2D eigenvalue weighted by Gasteiger charge is 2.71. The fraction of sp³-hybridized carbons (Fsp3) is 0.833. The van der Waals surface area contributed by atoms with Gasteiger partial charge in [0.2, 0.25) is 0 Å². The van der Waals surface area contributed by atoms with Crippen LogP contribution in [0.2, 0.25) is 0 Å². The van der Waals surface area contributed by atoms with Gasteiger partial charge in [-0.25, -0.2) is 0 Å². The van der Waals surface area contributed by atoms with Crippen molar-refractivity contribution >= 4 is 17.7 Å². The molecule has 5 aliphatic rings. The number of hydrogen-bond donors (Lipinski definition) is 4. The van der Waals surface area contributed by atoms with Crippen LogP contribution < -0.4 is 11.3 Å². The van der Waals surface area contributed by atoms with Gasteiger partial charge in [-0.1, -0.05) is 33.3 Å². The number of rotatable bonds is 3. The van der Waals surface area contributed by atoms with Gasteiger partial charge in [-0.3, -0.25) is 25.7 Å². The van der Waals surface area contributed by atoms with Crippen molar-refractivity contribution in [2.24, 2.45) is 56.1 Å². The number of nitrogens with one attached hydrogen (secondary N) is 1. The molecule has 0 spiro atoms. The van der Waals surface area contributed by atoms with E-state index < -0.39 is 28.2 Å². The minimum Gasteiger partial charge on any atom is -0.481 e. The lowest BCUT2D eigenvalue weighted by molar-refractivity contribution is -0.201. The molecule has 5 N–H and O–H groups in total. The normalized spacial score (nSPS) is 53.2. The van der Waals surface area contributed by atoms with E-state index in [1.165, 1.54) is 5.57 Å². The van der Waals surface area contributed by atoms with E-state index in [0.29, 0.717) is 19.3 Å². The first-order chi connectivity index (χ1) is 17.0. The maximum Gasteiger partial charge on any atom is 0.311 e. The maximum atomic E-state index is 14.3. The van der Waals surface area contributed by atoms with Crippen LogP contribution >= 0.6 is 0 Å². The van der Waals surface area contributed by atoms with Crippen LogP contribution in [0.25, 0.3) is 0 Å². The Morgan fingerprint density at radius 2 is 1.57 bits per heavy atom. The second kappa shape index (κ2) is 7.91. The molecule has 5 rings (SSSR count). The number of allylic oxidation sites excluding steroid dienone is 2. The number of ketones is 1. The zero-order chi connectivity index (χ0) is 27.4. The van der Waals surface area contributed by atoms with Crippen molar-refractivity contribution in [1.82, 2.24) is 5.43 Å². The highest BCUT2D eigenvalue weighted by Crippen LogP contribution is 2.75. The third kappa shape index (κ3) is 3.16. The van der Waals surface area contributed by atoms with Gasteiger partial charge in [0.15, 0.2) is 5.78 Å². The van der Waals surface area contributed by atoms with E-state index >= 15 is 0 Å². The Kier molecular flexibility index (Phi) is 5.74. The van der Waals surface area contributed by atoms with Gasteiger partial charge in [0.05, 0.1) is 10.8 Å². The molecule has 10 atom stereocenters. The first-order valence-corrected chi connectivity index (χ1v) is 14.2. The summed E-state index contributed by atoms with van der Waals surface area (Å²) in [5, 5.41) is 20.5. The summed E-state index contributed by atoms with van der Waals surface area (Å²) in [6, 6.07) is -0.334. The molecule has 37 heavy (non-hydrogen) atoms. The Morgan fingerprint density at radius 3 is 2.16 bits per heavy atom. The van der Waals surface area contributed by atoms with E-state index in [1.807, 2.05) is 19.9 Å². The van der Waals surface area contributed by atoms with Gasteiger partial charge in [0.25, 0.3) is 0 Å². The minimum absolute atomic E-state index is 0.0115. The van der Waals surface area contributed by atoms with Crippen molar-refractivity contribution in [2.75, 3.05) is 0 Å². The molecule has 0 aromatic heterocycles. The summed E-state index contributed by atoms with van der Waals surface area (Å²) in [5.41, 5.74) is 1.19. The average molecular weight is 515 g/mol. The van der Waals surface area contributed by atoms with Gasteiger partial charge >= 0.3 is 11.9 Å². The quantitative estimate of drug-likeness (QED) is 0.310. The van der Waals surface area contributed by atoms with Crippen LogP contribution in [0.1, 0.15) is 99.3 Å². The zero-order valence-corrected chi connectivity index (χ0v) is 23.4. The standard InChI is InChI=1S/C30H46N2O5/c1-25-11-12-26(2,23(34)35)16-18(25)17-15-19(33)22-27(3)9-8-21(32-31)30(6,24(36)37)20(27)7-10-29(22,5)28(17,4)14-13-25/h15,18,20-22,32H,7-14,16,31H2,1-6H3,(H,34,35)(H,36,37)/t18-,20+,21-,22+,25+,26-,27-,28+,29+,30-/m0/s1. The number of carboxylic acid groups (broad SMARTS) is 2. The number of carbonyl (C=O) groups excluding carboxylic acids is 1. The lowest BCUT2D eigenvalue weighted by Crippen LogP contribution is -2.69. The topological polar surface area (TPSA) is 130 Å². The molecule has 206 valence electrons. The van der Waals surface area contributed by atoms with Gasteiger partial charge < -0.3 is 10.2 Å². The third-order valence-corrected chi connectivity index (χ3v) is 13.4. The van der Waals surface area contributed by atoms with E-state index in [9.17, 15) is 24.6 Å². The molecule has 0 unspecified atom stereocenters. The molecule has 0 saturated heterocycles. The van der Waals surface area contributed by atoms with E-state index in [-0.39, 0.29) is 45.8 Å². The Balaban J connectivity index is 1.62. The minimum atomic E-state index is -1.05. The Hall–Kier alpha value is -1.73. The van der Waals surface area contributed by atoms with E-state index in [0.717, 1.165) is 38.5 Å². The summed E-state index contributed by atoms with van der Waals surface area (Å²) in [7, 11) is 0. The number of nitrogens with two attached hydrogens (primary N) is 1. The van der Waals surface area contributed by atoms with Crippen LogP contribution in [0.4, 0.5) is 0 Å². The van der Waals surface area contributed by atoms with Crippen LogP contribution in [-0.2, 0) is 14.4 Å². The van der Waals surface area contributed by atoms with Crippen molar-refractivity contribution in [1.29, 1.82) is 0 Å². The van der Waals surface area contributed by atoms with Crippen LogP contribution in [0.15, 0.2) is 11.6 Å². The van der Waals surface area contributed by atoms with Crippen molar-refractivity contribution in [3.05, 3.63) is 11.6 Å². The van der Waals surface area contributed by atoms with Crippen molar-refractivity contribution in [2.45, 2.75) is 105 Å². The highest BCUT2D eigenvalue weighted by atomic mass is 16.4. The fourth-order valence-corrected chi connectivity index (χ4v) is 10.6. The molecule has 5 aliphatic carbocycles. The smallest absolute Gasteiger partial charge is 0.311 e. The number of carboxylic acids is 2. The molecule has 0 radical (unpaired) electrons. The predicted octanol–water partition coefficient (Wildman–Crippen LogP) is 4.95. The fourth-order valence-electron chi connectivity index (χ4n) is 10.6. The number of hydrogen-bond acceptors (Lipinski definition) is 5. The zero-order valence-electron chi connectivity index (χ0n) is 23.4. The van der Waals surface area contributed by atoms with Crippen LogP contribution in [0, 0.1) is 50.2 Å². The lowest BCUT2D eigenvalue weighted by Gasteiger charge is -2.70. The van der Waals surface area contributed by atoms with Crippen LogP contribution in [0.3, 0.4) is 0 Å². The molecule has 0 aromatic carbocycles. The number of carbonyl (C=O) groups is 3. The second-order valence-corrected chi connectivity index (χ2v) is 14.9. The summed E-state index contributed by atoms with van der Waals surface area (Å²) >= 11 is 0. The molecule has 7 nitrogen and oxygen atoms in total.